The highest BCUT2D eigenvalue weighted by Gasteiger charge is 2.32. The van der Waals surface area contributed by atoms with Gasteiger partial charge in [-0.3, -0.25) is 0 Å². The summed E-state index contributed by atoms with van der Waals surface area (Å²) in [6.07, 6.45) is 1.67. The van der Waals surface area contributed by atoms with E-state index in [0.29, 0.717) is 17.3 Å². The fourth-order valence-corrected chi connectivity index (χ4v) is 3.39. The van der Waals surface area contributed by atoms with Gasteiger partial charge in [0.2, 0.25) is 0 Å². The Morgan fingerprint density at radius 1 is 1.16 bits per heavy atom. The number of allylic oxidation sites excluding steroid dienone is 1. The summed E-state index contributed by atoms with van der Waals surface area (Å²) < 4.78 is 5.31. The van der Waals surface area contributed by atoms with E-state index in [4.69, 9.17) is 17.0 Å². The van der Waals surface area contributed by atoms with Crippen LogP contribution in [0.1, 0.15) is 38.3 Å². The van der Waals surface area contributed by atoms with Crippen molar-refractivity contribution in [2.45, 2.75) is 32.7 Å². The van der Waals surface area contributed by atoms with Crippen LogP contribution in [0.3, 0.4) is 0 Å². The summed E-state index contributed by atoms with van der Waals surface area (Å²) in [5.74, 6) is -0.299. The van der Waals surface area contributed by atoms with Crippen LogP contribution < -0.4 is 10.6 Å². The van der Waals surface area contributed by atoms with Crippen molar-refractivity contribution in [2.24, 2.45) is 0 Å². The fraction of sp³-hybridized carbons (Fsp3) is 0.300. The SMILES string of the molecule is CCCC1=C(C(=O)OCC)[C@H](c2ccc3ccccc3c2)NC(=S)N1. The number of fused-ring (bicyclic) bond motifs is 1. The molecular weight excluding hydrogens is 332 g/mol. The van der Waals surface area contributed by atoms with Crippen LogP contribution in [-0.2, 0) is 9.53 Å². The third kappa shape index (κ3) is 3.66. The second kappa shape index (κ2) is 7.66. The summed E-state index contributed by atoms with van der Waals surface area (Å²) in [7, 11) is 0. The summed E-state index contributed by atoms with van der Waals surface area (Å²) in [5.41, 5.74) is 2.47. The molecular formula is C20H22N2O2S. The highest BCUT2D eigenvalue weighted by Crippen LogP contribution is 2.31. The number of esters is 1. The number of ether oxygens (including phenoxy) is 1. The first-order chi connectivity index (χ1) is 12.1. The number of benzene rings is 2. The first-order valence-electron chi connectivity index (χ1n) is 8.60. The van der Waals surface area contributed by atoms with Crippen molar-refractivity contribution < 1.29 is 9.53 Å². The molecule has 1 aliphatic rings. The highest BCUT2D eigenvalue weighted by molar-refractivity contribution is 7.80. The normalized spacial score (nSPS) is 17.2. The average molecular weight is 354 g/mol. The molecule has 0 spiro atoms. The number of thiocarbonyl (C=S) groups is 1. The number of rotatable bonds is 5. The largest absolute Gasteiger partial charge is 0.463 e. The van der Waals surface area contributed by atoms with Crippen LogP contribution in [0.2, 0.25) is 0 Å². The molecule has 1 atom stereocenters. The Morgan fingerprint density at radius 2 is 1.92 bits per heavy atom. The smallest absolute Gasteiger partial charge is 0.338 e. The minimum Gasteiger partial charge on any atom is -0.463 e. The predicted molar refractivity (Wildman–Crippen MR) is 104 cm³/mol. The number of carbonyl (C=O) groups is 1. The Morgan fingerprint density at radius 3 is 2.64 bits per heavy atom. The Kier molecular flexibility index (Phi) is 5.34. The third-order valence-electron chi connectivity index (χ3n) is 4.26. The first kappa shape index (κ1) is 17.4. The molecule has 0 saturated carbocycles. The second-order valence-electron chi connectivity index (χ2n) is 6.00. The van der Waals surface area contributed by atoms with Crippen molar-refractivity contribution >= 4 is 34.1 Å². The van der Waals surface area contributed by atoms with Gasteiger partial charge in [-0.1, -0.05) is 49.7 Å². The molecule has 0 radical (unpaired) electrons. The van der Waals surface area contributed by atoms with E-state index in [1.54, 1.807) is 0 Å². The molecule has 0 saturated heterocycles. The fourth-order valence-electron chi connectivity index (χ4n) is 3.15. The summed E-state index contributed by atoms with van der Waals surface area (Å²) in [6.45, 7) is 4.24. The standard InChI is InChI=1S/C20H22N2O2S/c1-3-7-16-17(19(23)24-4-2)18(22-20(25)21-16)15-11-10-13-8-5-6-9-14(13)12-15/h5-6,8-12,18H,3-4,7H2,1-2H3,(H2,21,22,25)/t18-/m0/s1. The minimum atomic E-state index is -0.307. The molecule has 2 N–H and O–H groups in total. The molecule has 0 bridgehead atoms. The maximum atomic E-state index is 12.6. The minimum absolute atomic E-state index is 0.299. The van der Waals surface area contributed by atoms with Gasteiger partial charge in [0.25, 0.3) is 0 Å². The zero-order chi connectivity index (χ0) is 17.8. The van der Waals surface area contributed by atoms with Crippen molar-refractivity contribution in [2.75, 3.05) is 6.61 Å². The molecule has 0 fully saturated rings. The van der Waals surface area contributed by atoms with E-state index in [9.17, 15) is 4.79 Å². The molecule has 0 aliphatic carbocycles. The van der Waals surface area contributed by atoms with Crippen LogP contribution >= 0.6 is 12.2 Å². The van der Waals surface area contributed by atoms with Gasteiger partial charge in [-0.2, -0.15) is 0 Å². The molecule has 1 aliphatic heterocycles. The zero-order valence-corrected chi connectivity index (χ0v) is 15.3. The van der Waals surface area contributed by atoms with Crippen LogP contribution in [0.4, 0.5) is 0 Å². The van der Waals surface area contributed by atoms with E-state index in [0.717, 1.165) is 29.5 Å². The van der Waals surface area contributed by atoms with Crippen LogP contribution in [0.25, 0.3) is 10.8 Å². The number of hydrogen-bond donors (Lipinski definition) is 2. The van der Waals surface area contributed by atoms with Gasteiger partial charge in [-0.05, 0) is 48.0 Å². The number of nitrogens with one attached hydrogen (secondary N) is 2. The van der Waals surface area contributed by atoms with Gasteiger partial charge < -0.3 is 15.4 Å². The van der Waals surface area contributed by atoms with Crippen molar-refractivity contribution in [1.82, 2.24) is 10.6 Å². The predicted octanol–water partition coefficient (Wildman–Crippen LogP) is 3.98. The van der Waals surface area contributed by atoms with E-state index < -0.39 is 0 Å². The number of carbonyl (C=O) groups excluding carboxylic acids is 1. The average Bonchev–Trinajstić information content (AvgIpc) is 2.61. The highest BCUT2D eigenvalue weighted by atomic mass is 32.1. The Bertz CT molecular complexity index is 844. The lowest BCUT2D eigenvalue weighted by molar-refractivity contribution is -0.139. The monoisotopic (exact) mass is 354 g/mol. The first-order valence-corrected chi connectivity index (χ1v) is 9.01. The van der Waals surface area contributed by atoms with Gasteiger partial charge in [-0.25, -0.2) is 4.79 Å². The number of hydrogen-bond acceptors (Lipinski definition) is 3. The van der Waals surface area contributed by atoms with E-state index in [2.05, 4.69) is 41.8 Å². The molecule has 4 nitrogen and oxygen atoms in total. The van der Waals surface area contributed by atoms with Crippen LogP contribution in [0.5, 0.6) is 0 Å². The van der Waals surface area contributed by atoms with Crippen LogP contribution in [0, 0.1) is 0 Å². The Labute approximate surface area is 153 Å². The van der Waals surface area contributed by atoms with Gasteiger partial charge in [-0.15, -0.1) is 0 Å². The van der Waals surface area contributed by atoms with E-state index in [1.165, 1.54) is 5.39 Å². The molecule has 5 heteroatoms. The molecule has 25 heavy (non-hydrogen) atoms. The summed E-state index contributed by atoms with van der Waals surface area (Å²) >= 11 is 5.37. The van der Waals surface area contributed by atoms with Crippen LogP contribution in [-0.4, -0.2) is 17.7 Å². The molecule has 2 aromatic rings. The Balaban J connectivity index is 2.09. The summed E-state index contributed by atoms with van der Waals surface area (Å²) in [4.78, 5) is 12.6. The topological polar surface area (TPSA) is 50.4 Å². The lowest BCUT2D eigenvalue weighted by Crippen LogP contribution is -2.45. The molecule has 0 unspecified atom stereocenters. The molecule has 2 aromatic carbocycles. The van der Waals surface area contributed by atoms with Gasteiger partial charge in [0.05, 0.1) is 18.2 Å². The summed E-state index contributed by atoms with van der Waals surface area (Å²) in [6, 6.07) is 14.1. The third-order valence-corrected chi connectivity index (χ3v) is 4.48. The van der Waals surface area contributed by atoms with E-state index >= 15 is 0 Å². The van der Waals surface area contributed by atoms with Gasteiger partial charge >= 0.3 is 5.97 Å². The van der Waals surface area contributed by atoms with Crippen molar-refractivity contribution in [3.05, 3.63) is 59.3 Å². The molecule has 1 heterocycles. The van der Waals surface area contributed by atoms with Crippen molar-refractivity contribution in [1.29, 1.82) is 0 Å². The second-order valence-corrected chi connectivity index (χ2v) is 6.41. The van der Waals surface area contributed by atoms with E-state index in [-0.39, 0.29) is 12.0 Å². The van der Waals surface area contributed by atoms with Crippen LogP contribution in [0.15, 0.2) is 53.7 Å². The van der Waals surface area contributed by atoms with Crippen molar-refractivity contribution in [3.8, 4) is 0 Å². The molecule has 3 rings (SSSR count). The molecule has 0 amide bonds. The van der Waals surface area contributed by atoms with Gasteiger partial charge in [0.1, 0.15) is 0 Å². The van der Waals surface area contributed by atoms with Crippen molar-refractivity contribution in [3.63, 3.8) is 0 Å². The molecule has 130 valence electrons. The maximum absolute atomic E-state index is 12.6. The molecule has 0 aromatic heterocycles. The Hall–Kier alpha value is -2.40. The summed E-state index contributed by atoms with van der Waals surface area (Å²) in [5, 5.41) is 9.21. The zero-order valence-electron chi connectivity index (χ0n) is 14.5. The van der Waals surface area contributed by atoms with E-state index in [1.807, 2.05) is 25.1 Å². The lowest BCUT2D eigenvalue weighted by Gasteiger charge is -2.31. The quantitative estimate of drug-likeness (QED) is 0.628. The van der Waals surface area contributed by atoms with Gasteiger partial charge in [0, 0.05) is 5.70 Å². The maximum Gasteiger partial charge on any atom is 0.338 e. The lowest BCUT2D eigenvalue weighted by atomic mass is 9.92. The van der Waals surface area contributed by atoms with Gasteiger partial charge in [0.15, 0.2) is 5.11 Å².